The van der Waals surface area contributed by atoms with Crippen molar-refractivity contribution >= 4 is 39.7 Å². The lowest BCUT2D eigenvalue weighted by Gasteiger charge is -2.37. The lowest BCUT2D eigenvalue weighted by atomic mass is 10.0. The number of thiophene rings is 1. The molecule has 136 valence electrons. The third-order valence-corrected chi connectivity index (χ3v) is 5.68. The number of piperazine rings is 1. The van der Waals surface area contributed by atoms with Gasteiger partial charge >= 0.3 is 0 Å². The van der Waals surface area contributed by atoms with Gasteiger partial charge in [0.25, 0.3) is 5.91 Å². The first kappa shape index (κ1) is 18.7. The molecule has 0 aliphatic carbocycles. The van der Waals surface area contributed by atoms with Gasteiger partial charge in [0.1, 0.15) is 5.75 Å². The van der Waals surface area contributed by atoms with E-state index in [1.807, 2.05) is 52.7 Å². The second kappa shape index (κ2) is 8.08. The predicted octanol–water partition coefficient (Wildman–Crippen LogP) is 4.12. The summed E-state index contributed by atoms with van der Waals surface area (Å²) in [6.45, 7) is 2.22. The van der Waals surface area contributed by atoms with E-state index in [9.17, 15) is 4.79 Å². The SMILES string of the molecule is COc1ccccc1C1CNCCN1C(=O)c1csc2ccccc12.Cl. The smallest absolute Gasteiger partial charge is 0.255 e. The van der Waals surface area contributed by atoms with Gasteiger partial charge in [-0.25, -0.2) is 0 Å². The monoisotopic (exact) mass is 388 g/mol. The molecule has 1 aliphatic heterocycles. The fourth-order valence-electron chi connectivity index (χ4n) is 3.47. The van der Waals surface area contributed by atoms with E-state index in [2.05, 4.69) is 11.4 Å². The van der Waals surface area contributed by atoms with Crippen LogP contribution in [0.4, 0.5) is 0 Å². The molecule has 4 rings (SSSR count). The van der Waals surface area contributed by atoms with Crippen molar-refractivity contribution in [2.45, 2.75) is 6.04 Å². The molecule has 4 nitrogen and oxygen atoms in total. The highest BCUT2D eigenvalue weighted by atomic mass is 35.5. The summed E-state index contributed by atoms with van der Waals surface area (Å²) >= 11 is 1.62. The Kier molecular flexibility index (Phi) is 5.81. The minimum absolute atomic E-state index is 0. The number of carbonyl (C=O) groups is 1. The molecular formula is C20H21ClN2O2S. The van der Waals surface area contributed by atoms with Gasteiger partial charge in [-0.2, -0.15) is 0 Å². The van der Waals surface area contributed by atoms with Gasteiger partial charge < -0.3 is 15.0 Å². The molecule has 1 N–H and O–H groups in total. The number of para-hydroxylation sites is 1. The molecule has 26 heavy (non-hydrogen) atoms. The zero-order chi connectivity index (χ0) is 17.2. The normalized spacial score (nSPS) is 17.0. The molecular weight excluding hydrogens is 368 g/mol. The van der Waals surface area contributed by atoms with Crippen LogP contribution < -0.4 is 10.1 Å². The molecule has 1 aromatic heterocycles. The number of methoxy groups -OCH3 is 1. The Balaban J connectivity index is 0.00000196. The minimum Gasteiger partial charge on any atom is -0.496 e. The fraction of sp³-hybridized carbons (Fsp3) is 0.250. The van der Waals surface area contributed by atoms with Gasteiger partial charge in [0.2, 0.25) is 0 Å². The molecule has 0 radical (unpaired) electrons. The first-order valence-electron chi connectivity index (χ1n) is 8.40. The van der Waals surface area contributed by atoms with Crippen LogP contribution in [0.3, 0.4) is 0 Å². The number of amides is 1. The number of benzene rings is 2. The summed E-state index contributed by atoms with van der Waals surface area (Å²) in [5, 5.41) is 6.42. The number of hydrogen-bond acceptors (Lipinski definition) is 4. The minimum atomic E-state index is -0.0314. The third-order valence-electron chi connectivity index (χ3n) is 4.71. The summed E-state index contributed by atoms with van der Waals surface area (Å²) in [5.74, 6) is 0.916. The molecule has 6 heteroatoms. The molecule has 1 saturated heterocycles. The molecule has 3 aromatic rings. The molecule has 0 saturated carbocycles. The van der Waals surface area contributed by atoms with E-state index in [1.54, 1.807) is 18.4 Å². The highest BCUT2D eigenvalue weighted by Gasteiger charge is 2.31. The molecule has 1 unspecified atom stereocenters. The lowest BCUT2D eigenvalue weighted by Crippen LogP contribution is -2.48. The van der Waals surface area contributed by atoms with Crippen molar-refractivity contribution in [2.24, 2.45) is 0 Å². The second-order valence-corrected chi connectivity index (χ2v) is 7.02. The summed E-state index contributed by atoms with van der Waals surface area (Å²) in [6, 6.07) is 16.0. The van der Waals surface area contributed by atoms with Crippen LogP contribution in [0.25, 0.3) is 10.1 Å². The quantitative estimate of drug-likeness (QED) is 0.733. The molecule has 2 heterocycles. The maximum atomic E-state index is 13.3. The molecule has 1 amide bonds. The molecule has 1 aliphatic rings. The van der Waals surface area contributed by atoms with Gasteiger partial charge in [-0.1, -0.05) is 36.4 Å². The summed E-state index contributed by atoms with van der Waals surface area (Å²) in [4.78, 5) is 15.3. The van der Waals surface area contributed by atoms with Crippen molar-refractivity contribution in [1.82, 2.24) is 10.2 Å². The van der Waals surface area contributed by atoms with Gasteiger partial charge in [0.15, 0.2) is 0 Å². The van der Waals surface area contributed by atoms with Crippen LogP contribution in [0.2, 0.25) is 0 Å². The maximum Gasteiger partial charge on any atom is 0.255 e. The van der Waals surface area contributed by atoms with Crippen molar-refractivity contribution in [1.29, 1.82) is 0 Å². The Morgan fingerprint density at radius 3 is 2.81 bits per heavy atom. The Labute approximate surface area is 163 Å². The lowest BCUT2D eigenvalue weighted by molar-refractivity contribution is 0.0634. The largest absolute Gasteiger partial charge is 0.496 e. The van der Waals surface area contributed by atoms with Crippen molar-refractivity contribution in [3.63, 3.8) is 0 Å². The highest BCUT2D eigenvalue weighted by Crippen LogP contribution is 2.33. The van der Waals surface area contributed by atoms with Gasteiger partial charge in [0, 0.05) is 40.7 Å². The number of nitrogens with zero attached hydrogens (tertiary/aromatic N) is 1. The van der Waals surface area contributed by atoms with Crippen molar-refractivity contribution in [3.8, 4) is 5.75 Å². The number of ether oxygens (including phenoxy) is 1. The van der Waals surface area contributed by atoms with Crippen molar-refractivity contribution < 1.29 is 9.53 Å². The van der Waals surface area contributed by atoms with Gasteiger partial charge in [-0.15, -0.1) is 23.7 Å². The van der Waals surface area contributed by atoms with Gasteiger partial charge in [-0.3, -0.25) is 4.79 Å². The second-order valence-electron chi connectivity index (χ2n) is 6.11. The van der Waals surface area contributed by atoms with Crippen LogP contribution in [-0.2, 0) is 0 Å². The third kappa shape index (κ3) is 3.30. The van der Waals surface area contributed by atoms with Crippen molar-refractivity contribution in [3.05, 3.63) is 65.0 Å². The number of hydrogen-bond donors (Lipinski definition) is 1. The summed E-state index contributed by atoms with van der Waals surface area (Å²) in [7, 11) is 1.67. The van der Waals surface area contributed by atoms with Crippen LogP contribution in [0, 0.1) is 0 Å². The topological polar surface area (TPSA) is 41.6 Å². The van der Waals surface area contributed by atoms with E-state index < -0.39 is 0 Å². The molecule has 2 aromatic carbocycles. The summed E-state index contributed by atoms with van der Waals surface area (Å²) in [6.07, 6.45) is 0. The summed E-state index contributed by atoms with van der Waals surface area (Å²) in [5.41, 5.74) is 1.84. The predicted molar refractivity (Wildman–Crippen MR) is 109 cm³/mol. The fourth-order valence-corrected chi connectivity index (χ4v) is 4.40. The zero-order valence-corrected chi connectivity index (χ0v) is 16.1. The number of fused-ring (bicyclic) bond motifs is 1. The van der Waals surface area contributed by atoms with E-state index >= 15 is 0 Å². The standard InChI is InChI=1S/C20H20N2O2S.ClH/c1-24-18-8-4-2-7-15(18)17-12-21-10-11-22(17)20(23)16-13-25-19-9-5-3-6-14(16)19;/h2-9,13,17,21H,10-12H2,1H3;1H. The van der Waals surface area contributed by atoms with E-state index in [-0.39, 0.29) is 24.4 Å². The molecule has 0 bridgehead atoms. The van der Waals surface area contributed by atoms with Crippen LogP contribution in [0.1, 0.15) is 22.0 Å². The van der Waals surface area contributed by atoms with E-state index in [4.69, 9.17) is 4.74 Å². The highest BCUT2D eigenvalue weighted by molar-refractivity contribution is 7.17. The Hall–Kier alpha value is -2.08. The molecule has 1 fully saturated rings. The van der Waals surface area contributed by atoms with Crippen molar-refractivity contribution in [2.75, 3.05) is 26.7 Å². The molecule has 0 spiro atoms. The number of rotatable bonds is 3. The number of nitrogens with one attached hydrogen (secondary N) is 1. The number of halogens is 1. The Morgan fingerprint density at radius 2 is 1.96 bits per heavy atom. The first-order chi connectivity index (χ1) is 12.3. The van der Waals surface area contributed by atoms with Gasteiger partial charge in [-0.05, 0) is 12.1 Å². The van der Waals surface area contributed by atoms with Crippen LogP contribution in [0.5, 0.6) is 5.75 Å². The zero-order valence-electron chi connectivity index (χ0n) is 14.5. The van der Waals surface area contributed by atoms with Crippen LogP contribution >= 0.6 is 23.7 Å². The summed E-state index contributed by atoms with van der Waals surface area (Å²) < 4.78 is 6.67. The average Bonchev–Trinajstić information content (AvgIpc) is 3.11. The Morgan fingerprint density at radius 1 is 1.19 bits per heavy atom. The van der Waals surface area contributed by atoms with E-state index in [0.29, 0.717) is 6.54 Å². The average molecular weight is 389 g/mol. The Bertz CT molecular complexity index is 911. The maximum absolute atomic E-state index is 13.3. The van der Waals surface area contributed by atoms with E-state index in [1.165, 1.54) is 0 Å². The van der Waals surface area contributed by atoms with Gasteiger partial charge in [0.05, 0.1) is 18.7 Å². The van der Waals surface area contributed by atoms with E-state index in [0.717, 1.165) is 40.1 Å². The molecule has 1 atom stereocenters. The first-order valence-corrected chi connectivity index (χ1v) is 9.28. The van der Waals surface area contributed by atoms with Crippen LogP contribution in [-0.4, -0.2) is 37.6 Å². The van der Waals surface area contributed by atoms with Crippen LogP contribution in [0.15, 0.2) is 53.9 Å². The number of carbonyl (C=O) groups excluding carboxylic acids is 1.